The molecule has 1 saturated heterocycles. The molecular weight excluding hydrogens is 304 g/mol. The van der Waals surface area contributed by atoms with E-state index in [0.717, 1.165) is 12.5 Å². The Hall–Kier alpha value is -1.60. The highest BCUT2D eigenvalue weighted by Gasteiger charge is 2.81. The SMILES string of the molecule is c1ccc2c(c1)-c1ccccc1C13CC4CC21CC4(C1CCCO1)C3. The normalized spacial score (nSPS) is 44.8. The summed E-state index contributed by atoms with van der Waals surface area (Å²) >= 11 is 0. The van der Waals surface area contributed by atoms with E-state index in [0.29, 0.717) is 22.3 Å². The summed E-state index contributed by atoms with van der Waals surface area (Å²) < 4.78 is 6.33. The first-order valence-corrected chi connectivity index (χ1v) is 10.1. The van der Waals surface area contributed by atoms with Crippen LogP contribution in [0.15, 0.2) is 48.5 Å². The molecule has 25 heavy (non-hydrogen) atoms. The van der Waals surface area contributed by atoms with Gasteiger partial charge in [-0.2, -0.15) is 0 Å². The van der Waals surface area contributed by atoms with Crippen molar-refractivity contribution in [2.45, 2.75) is 55.5 Å². The summed E-state index contributed by atoms with van der Waals surface area (Å²) in [6, 6.07) is 18.7. The average molecular weight is 328 g/mol. The summed E-state index contributed by atoms with van der Waals surface area (Å²) in [4.78, 5) is 0. The molecular formula is C24H24O. The van der Waals surface area contributed by atoms with Crippen LogP contribution in [0.5, 0.6) is 0 Å². The molecule has 3 unspecified atom stereocenters. The van der Waals surface area contributed by atoms with Crippen LogP contribution in [-0.2, 0) is 15.6 Å². The van der Waals surface area contributed by atoms with E-state index in [1.54, 1.807) is 11.1 Å². The summed E-state index contributed by atoms with van der Waals surface area (Å²) in [5.74, 6) is 0.870. The molecule has 2 aromatic carbocycles. The lowest BCUT2D eigenvalue weighted by Gasteiger charge is -2.47. The molecule has 3 atom stereocenters. The highest BCUT2D eigenvalue weighted by Crippen LogP contribution is 2.85. The first-order chi connectivity index (χ1) is 12.3. The molecule has 0 N–H and O–H groups in total. The van der Waals surface area contributed by atoms with Gasteiger partial charge >= 0.3 is 0 Å². The fourth-order valence-electron chi connectivity index (χ4n) is 8.39. The Balaban J connectivity index is 1.54. The number of hydrogen-bond acceptors (Lipinski definition) is 1. The Morgan fingerprint density at radius 2 is 1.40 bits per heavy atom. The van der Waals surface area contributed by atoms with Gasteiger partial charge in [0.2, 0.25) is 0 Å². The van der Waals surface area contributed by atoms with Crippen LogP contribution < -0.4 is 0 Å². The molecule has 2 spiro atoms. The van der Waals surface area contributed by atoms with Gasteiger partial charge in [0.05, 0.1) is 6.10 Å². The van der Waals surface area contributed by atoms with Crippen molar-refractivity contribution in [3.63, 3.8) is 0 Å². The lowest BCUT2D eigenvalue weighted by molar-refractivity contribution is -0.0107. The van der Waals surface area contributed by atoms with E-state index in [9.17, 15) is 0 Å². The summed E-state index contributed by atoms with van der Waals surface area (Å²) in [5, 5.41) is 0. The standard InChI is InChI=1S/C24H24O/c1-3-8-19-17(6-1)18-7-2-4-9-20(18)24-13-16-12-23(19,24)14-22(16,15-24)21-10-5-11-25-21/h1-4,6-9,16,21H,5,10-15H2. The molecule has 4 bridgehead atoms. The van der Waals surface area contributed by atoms with Crippen LogP contribution in [0.4, 0.5) is 0 Å². The predicted octanol–water partition coefficient (Wildman–Crippen LogP) is 5.23. The van der Waals surface area contributed by atoms with Crippen LogP contribution in [-0.4, -0.2) is 12.7 Å². The number of fused-ring (bicyclic) bond motifs is 3. The molecule has 1 nitrogen and oxygen atoms in total. The second kappa shape index (κ2) is 4.04. The summed E-state index contributed by atoms with van der Waals surface area (Å²) in [7, 11) is 0. The van der Waals surface area contributed by atoms with Crippen LogP contribution in [0.2, 0.25) is 0 Å². The van der Waals surface area contributed by atoms with Gasteiger partial charge < -0.3 is 4.74 Å². The highest BCUT2D eigenvalue weighted by molar-refractivity contribution is 5.80. The topological polar surface area (TPSA) is 9.23 Å². The molecule has 0 aromatic heterocycles. The van der Waals surface area contributed by atoms with Crippen molar-refractivity contribution in [3.8, 4) is 11.1 Å². The Kier molecular flexibility index (Phi) is 2.19. The third kappa shape index (κ3) is 1.25. The van der Waals surface area contributed by atoms with Gasteiger partial charge in [-0.1, -0.05) is 48.5 Å². The van der Waals surface area contributed by atoms with E-state index < -0.39 is 0 Å². The summed E-state index contributed by atoms with van der Waals surface area (Å²) in [6.07, 6.45) is 8.65. The summed E-state index contributed by atoms with van der Waals surface area (Å²) in [6.45, 7) is 0.992. The van der Waals surface area contributed by atoms with E-state index in [1.807, 2.05) is 0 Å². The Morgan fingerprint density at radius 1 is 0.800 bits per heavy atom. The molecule has 8 rings (SSSR count). The maximum atomic E-state index is 6.33. The van der Waals surface area contributed by atoms with Crippen molar-refractivity contribution in [2.24, 2.45) is 11.3 Å². The molecule has 5 aliphatic carbocycles. The van der Waals surface area contributed by atoms with Crippen LogP contribution >= 0.6 is 0 Å². The third-order valence-electron chi connectivity index (χ3n) is 8.93. The third-order valence-corrected chi connectivity index (χ3v) is 8.93. The molecule has 1 heteroatoms. The van der Waals surface area contributed by atoms with Crippen molar-refractivity contribution >= 4 is 0 Å². The minimum absolute atomic E-state index is 0.383. The molecule has 4 saturated carbocycles. The van der Waals surface area contributed by atoms with E-state index in [2.05, 4.69) is 48.5 Å². The largest absolute Gasteiger partial charge is 0.378 e. The van der Waals surface area contributed by atoms with Crippen molar-refractivity contribution in [2.75, 3.05) is 6.61 Å². The van der Waals surface area contributed by atoms with Crippen LogP contribution in [0.25, 0.3) is 11.1 Å². The van der Waals surface area contributed by atoms with Gasteiger partial charge in [-0.05, 0) is 66.7 Å². The predicted molar refractivity (Wildman–Crippen MR) is 98.6 cm³/mol. The van der Waals surface area contributed by atoms with E-state index >= 15 is 0 Å². The second-order valence-corrected chi connectivity index (χ2v) is 9.45. The molecule has 2 aromatic rings. The lowest BCUT2D eigenvalue weighted by Crippen LogP contribution is -2.43. The number of ether oxygens (including phenoxy) is 1. The van der Waals surface area contributed by atoms with Gasteiger partial charge in [0.15, 0.2) is 0 Å². The van der Waals surface area contributed by atoms with Gasteiger partial charge in [0.1, 0.15) is 0 Å². The molecule has 0 radical (unpaired) electrons. The minimum Gasteiger partial charge on any atom is -0.378 e. The fraction of sp³-hybridized carbons (Fsp3) is 0.500. The fourth-order valence-corrected chi connectivity index (χ4v) is 8.39. The van der Waals surface area contributed by atoms with E-state index in [1.165, 1.54) is 49.7 Å². The van der Waals surface area contributed by atoms with Gasteiger partial charge in [-0.3, -0.25) is 0 Å². The van der Waals surface area contributed by atoms with Crippen molar-refractivity contribution in [1.82, 2.24) is 0 Å². The maximum Gasteiger partial charge on any atom is 0.0635 e. The first kappa shape index (κ1) is 13.6. The molecule has 6 aliphatic rings. The molecule has 0 amide bonds. The highest BCUT2D eigenvalue weighted by atomic mass is 16.5. The smallest absolute Gasteiger partial charge is 0.0635 e. The van der Waals surface area contributed by atoms with Crippen LogP contribution in [0.1, 0.15) is 49.7 Å². The monoisotopic (exact) mass is 328 g/mol. The zero-order valence-electron chi connectivity index (χ0n) is 14.6. The van der Waals surface area contributed by atoms with Crippen molar-refractivity contribution in [1.29, 1.82) is 0 Å². The molecule has 1 heterocycles. The Bertz CT molecular complexity index is 844. The average Bonchev–Trinajstić information content (AvgIpc) is 3.42. The zero-order valence-corrected chi connectivity index (χ0v) is 14.6. The first-order valence-electron chi connectivity index (χ1n) is 10.1. The van der Waals surface area contributed by atoms with Crippen LogP contribution in [0, 0.1) is 11.3 Å². The van der Waals surface area contributed by atoms with E-state index in [-0.39, 0.29) is 0 Å². The quantitative estimate of drug-likeness (QED) is 0.697. The van der Waals surface area contributed by atoms with Crippen molar-refractivity contribution < 1.29 is 4.74 Å². The molecule has 1 aliphatic heterocycles. The van der Waals surface area contributed by atoms with Crippen LogP contribution in [0.3, 0.4) is 0 Å². The number of benzene rings is 2. The minimum atomic E-state index is 0.383. The maximum absolute atomic E-state index is 6.33. The Morgan fingerprint density at radius 3 is 1.96 bits per heavy atom. The summed E-state index contributed by atoms with van der Waals surface area (Å²) in [5.41, 5.74) is 7.57. The second-order valence-electron chi connectivity index (χ2n) is 9.45. The van der Waals surface area contributed by atoms with Gasteiger partial charge in [0.25, 0.3) is 0 Å². The lowest BCUT2D eigenvalue weighted by atomic mass is 9.55. The van der Waals surface area contributed by atoms with Gasteiger partial charge in [-0.15, -0.1) is 0 Å². The number of rotatable bonds is 1. The number of hydrogen-bond donors (Lipinski definition) is 0. The zero-order chi connectivity index (χ0) is 16.3. The Labute approximate surface area is 149 Å². The van der Waals surface area contributed by atoms with Gasteiger partial charge in [0, 0.05) is 22.9 Å². The van der Waals surface area contributed by atoms with E-state index in [4.69, 9.17) is 4.74 Å². The molecule has 126 valence electrons. The molecule has 5 fully saturated rings. The van der Waals surface area contributed by atoms with Crippen molar-refractivity contribution in [3.05, 3.63) is 59.7 Å². The van der Waals surface area contributed by atoms with Gasteiger partial charge in [-0.25, -0.2) is 0 Å².